The Morgan fingerprint density at radius 3 is 2.79 bits per heavy atom. The predicted molar refractivity (Wildman–Crippen MR) is 101 cm³/mol. The number of nitrogens with one attached hydrogen (secondary N) is 1. The maximum absolute atomic E-state index is 14.9. The van der Waals surface area contributed by atoms with Gasteiger partial charge in [-0.05, 0) is 42.3 Å². The van der Waals surface area contributed by atoms with E-state index in [0.29, 0.717) is 6.54 Å². The molecule has 0 radical (unpaired) electrons. The molecule has 2 heterocycles. The van der Waals surface area contributed by atoms with E-state index < -0.39 is 17.5 Å². The highest BCUT2D eigenvalue weighted by Gasteiger charge is 2.26. The highest BCUT2D eigenvalue weighted by molar-refractivity contribution is 6.30. The maximum Gasteiger partial charge on any atom is 0.171 e. The number of ether oxygens (including phenoxy) is 1. The summed E-state index contributed by atoms with van der Waals surface area (Å²) in [4.78, 5) is 4.22. The van der Waals surface area contributed by atoms with Gasteiger partial charge in [-0.25, -0.2) is 18.2 Å². The molecule has 3 nitrogen and oxygen atoms in total. The molecule has 1 atom stereocenters. The lowest BCUT2D eigenvalue weighted by molar-refractivity contribution is 0.282. The number of benzene rings is 2. The van der Waals surface area contributed by atoms with Gasteiger partial charge in [-0.2, -0.15) is 0 Å². The third-order valence-corrected chi connectivity index (χ3v) is 5.03. The van der Waals surface area contributed by atoms with Crippen LogP contribution < -0.4 is 10.1 Å². The summed E-state index contributed by atoms with van der Waals surface area (Å²) in [6, 6.07) is 10.2. The summed E-state index contributed by atoms with van der Waals surface area (Å²) >= 11 is 5.72. The lowest BCUT2D eigenvalue weighted by atomic mass is 9.94. The molecule has 0 fully saturated rings. The van der Waals surface area contributed by atoms with Gasteiger partial charge in [0.25, 0.3) is 0 Å². The average Bonchev–Trinajstić information content (AvgIpc) is 3.09. The van der Waals surface area contributed by atoms with Crippen LogP contribution in [0, 0.1) is 17.5 Å². The van der Waals surface area contributed by atoms with Crippen LogP contribution in [0.25, 0.3) is 0 Å². The fraction of sp³-hybridized carbons (Fsp3) is 0.190. The summed E-state index contributed by atoms with van der Waals surface area (Å²) in [5.41, 5.74) is 1.10. The third-order valence-electron chi connectivity index (χ3n) is 4.79. The molecule has 28 heavy (non-hydrogen) atoms. The Kier molecular flexibility index (Phi) is 5.13. The largest absolute Gasteiger partial charge is 0.486 e. The molecular formula is C21H16ClF3N2O. The molecule has 1 aliphatic rings. The number of rotatable bonds is 5. The Bertz CT molecular complexity index is 1030. The van der Waals surface area contributed by atoms with E-state index in [1.807, 2.05) is 6.07 Å². The molecule has 1 aliphatic heterocycles. The Morgan fingerprint density at radius 1 is 1.11 bits per heavy atom. The average molecular weight is 405 g/mol. The summed E-state index contributed by atoms with van der Waals surface area (Å²) in [6.07, 6.45) is 1.83. The van der Waals surface area contributed by atoms with Gasteiger partial charge in [0.1, 0.15) is 24.1 Å². The van der Waals surface area contributed by atoms with E-state index in [2.05, 4.69) is 10.3 Å². The number of hydrogen-bond donors (Lipinski definition) is 1. The minimum Gasteiger partial charge on any atom is -0.486 e. The van der Waals surface area contributed by atoms with Gasteiger partial charge in [-0.3, -0.25) is 0 Å². The molecule has 1 N–H and O–H groups in total. The highest BCUT2D eigenvalue weighted by atomic mass is 35.5. The number of halogens is 4. The van der Waals surface area contributed by atoms with E-state index >= 15 is 0 Å². The van der Waals surface area contributed by atoms with Crippen LogP contribution in [-0.4, -0.2) is 11.5 Å². The van der Waals surface area contributed by atoms with Gasteiger partial charge in [0.05, 0.1) is 0 Å². The molecule has 144 valence electrons. The van der Waals surface area contributed by atoms with Crippen LogP contribution in [-0.2, 0) is 13.0 Å². The van der Waals surface area contributed by atoms with Gasteiger partial charge >= 0.3 is 0 Å². The van der Waals surface area contributed by atoms with Crippen molar-refractivity contribution in [1.82, 2.24) is 4.98 Å². The second kappa shape index (κ2) is 7.72. The topological polar surface area (TPSA) is 34.1 Å². The molecule has 0 aliphatic carbocycles. The van der Waals surface area contributed by atoms with E-state index in [1.165, 1.54) is 24.3 Å². The standard InChI is InChI=1S/C21H16ClF3N2O/c22-14-4-3-12(18(24)9-14)11-28-19-6-5-17(23)16(20(19)25)8-13-10-27-21-15(13)2-1-7-26-21/h1-7,9,13H,8,10-11H2,(H,26,27). The zero-order valence-corrected chi connectivity index (χ0v) is 15.4. The zero-order valence-electron chi connectivity index (χ0n) is 14.7. The number of pyridine rings is 1. The smallest absolute Gasteiger partial charge is 0.171 e. The third kappa shape index (κ3) is 3.64. The normalized spacial score (nSPS) is 15.2. The van der Waals surface area contributed by atoms with Gasteiger partial charge in [0.2, 0.25) is 0 Å². The zero-order chi connectivity index (χ0) is 19.7. The van der Waals surface area contributed by atoms with Crippen LogP contribution in [0.3, 0.4) is 0 Å². The second-order valence-corrected chi connectivity index (χ2v) is 7.02. The number of nitrogens with zero attached hydrogens (tertiary/aromatic N) is 1. The first kappa shape index (κ1) is 18.6. The lowest BCUT2D eigenvalue weighted by Crippen LogP contribution is -2.10. The highest BCUT2D eigenvalue weighted by Crippen LogP contribution is 2.34. The minimum atomic E-state index is -0.772. The van der Waals surface area contributed by atoms with Crippen LogP contribution in [0.15, 0.2) is 48.7 Å². The van der Waals surface area contributed by atoms with E-state index in [4.69, 9.17) is 16.3 Å². The predicted octanol–water partition coefficient (Wildman–Crippen LogP) is 5.48. The van der Waals surface area contributed by atoms with Gasteiger partial charge in [-0.1, -0.05) is 23.7 Å². The van der Waals surface area contributed by atoms with Crippen molar-refractivity contribution in [2.75, 3.05) is 11.9 Å². The summed E-state index contributed by atoms with van der Waals surface area (Å²) in [6.45, 7) is 0.356. The van der Waals surface area contributed by atoms with Crippen molar-refractivity contribution < 1.29 is 17.9 Å². The molecule has 0 amide bonds. The Labute approximate surface area is 165 Å². The minimum absolute atomic E-state index is 0.0578. The van der Waals surface area contributed by atoms with Crippen LogP contribution in [0.1, 0.15) is 22.6 Å². The Balaban J connectivity index is 1.55. The van der Waals surface area contributed by atoms with Gasteiger partial charge in [-0.15, -0.1) is 0 Å². The molecular weight excluding hydrogens is 389 g/mol. The summed E-state index contributed by atoms with van der Waals surface area (Å²) in [7, 11) is 0. The van der Waals surface area contributed by atoms with Crippen molar-refractivity contribution >= 4 is 17.4 Å². The Hall–Kier alpha value is -2.73. The first-order valence-electron chi connectivity index (χ1n) is 8.75. The van der Waals surface area contributed by atoms with Crippen molar-refractivity contribution in [3.8, 4) is 5.75 Å². The first-order chi connectivity index (χ1) is 13.5. The molecule has 0 saturated carbocycles. The summed E-state index contributed by atoms with van der Waals surface area (Å²) < 4.78 is 48.5. The molecule has 0 bridgehead atoms. The van der Waals surface area contributed by atoms with Crippen LogP contribution in [0.5, 0.6) is 5.75 Å². The van der Waals surface area contributed by atoms with E-state index in [0.717, 1.165) is 17.4 Å². The number of anilines is 1. The van der Waals surface area contributed by atoms with Crippen LogP contribution in [0.2, 0.25) is 5.02 Å². The van der Waals surface area contributed by atoms with Gasteiger partial charge in [0.15, 0.2) is 11.6 Å². The van der Waals surface area contributed by atoms with Crippen LogP contribution in [0.4, 0.5) is 19.0 Å². The van der Waals surface area contributed by atoms with Crippen molar-refractivity contribution in [1.29, 1.82) is 0 Å². The molecule has 0 spiro atoms. The number of fused-ring (bicyclic) bond motifs is 1. The quantitative estimate of drug-likeness (QED) is 0.611. The van der Waals surface area contributed by atoms with Gasteiger partial charge in [0, 0.05) is 34.8 Å². The van der Waals surface area contributed by atoms with E-state index in [-0.39, 0.29) is 40.8 Å². The SMILES string of the molecule is Fc1cc(Cl)ccc1COc1ccc(F)c(CC2CNc3ncccc32)c1F. The maximum atomic E-state index is 14.9. The lowest BCUT2D eigenvalue weighted by Gasteiger charge is -2.15. The molecule has 7 heteroatoms. The number of hydrogen-bond acceptors (Lipinski definition) is 3. The summed E-state index contributed by atoms with van der Waals surface area (Å²) in [5, 5.41) is 3.40. The fourth-order valence-electron chi connectivity index (χ4n) is 3.32. The molecule has 3 aromatic rings. The monoisotopic (exact) mass is 404 g/mol. The van der Waals surface area contributed by atoms with Crippen molar-refractivity contribution in [3.63, 3.8) is 0 Å². The molecule has 0 saturated heterocycles. The fourth-order valence-corrected chi connectivity index (χ4v) is 3.48. The van der Waals surface area contributed by atoms with E-state index in [1.54, 1.807) is 12.3 Å². The van der Waals surface area contributed by atoms with Crippen molar-refractivity contribution in [3.05, 3.63) is 87.8 Å². The van der Waals surface area contributed by atoms with Gasteiger partial charge < -0.3 is 10.1 Å². The molecule has 4 rings (SSSR count). The second-order valence-electron chi connectivity index (χ2n) is 6.59. The van der Waals surface area contributed by atoms with Crippen LogP contribution >= 0.6 is 11.6 Å². The van der Waals surface area contributed by atoms with Crippen molar-refractivity contribution in [2.45, 2.75) is 18.9 Å². The van der Waals surface area contributed by atoms with E-state index in [9.17, 15) is 13.2 Å². The number of aromatic nitrogens is 1. The molecule has 1 unspecified atom stereocenters. The van der Waals surface area contributed by atoms with Crippen molar-refractivity contribution in [2.24, 2.45) is 0 Å². The summed E-state index contributed by atoms with van der Waals surface area (Å²) in [5.74, 6) is -1.44. The molecule has 1 aromatic heterocycles. The first-order valence-corrected chi connectivity index (χ1v) is 9.13. The Morgan fingerprint density at radius 2 is 1.96 bits per heavy atom. The molecule has 2 aromatic carbocycles.